The third-order valence-corrected chi connectivity index (χ3v) is 1.66. The largest absolute Gasteiger partial charge is 0.383 e. The standard InChI is InChI=1S/C8H15N3O2/c1-7(5-12-2)9-4-3-8-10-6-11-13-8/h6-7,9H,3-5H2,1-2H3. The number of nitrogens with zero attached hydrogens (tertiary/aromatic N) is 2. The summed E-state index contributed by atoms with van der Waals surface area (Å²) in [6.07, 6.45) is 2.17. The van der Waals surface area contributed by atoms with Gasteiger partial charge in [0.1, 0.15) is 0 Å². The molecule has 0 radical (unpaired) electrons. The van der Waals surface area contributed by atoms with Gasteiger partial charge in [-0.2, -0.15) is 4.98 Å². The van der Waals surface area contributed by atoms with Crippen LogP contribution in [-0.2, 0) is 11.2 Å². The Balaban J connectivity index is 2.07. The molecule has 1 rings (SSSR count). The van der Waals surface area contributed by atoms with Gasteiger partial charge in [0.05, 0.1) is 6.61 Å². The van der Waals surface area contributed by atoms with Crippen molar-refractivity contribution in [3.8, 4) is 0 Å². The molecule has 0 amide bonds. The highest BCUT2D eigenvalue weighted by atomic mass is 16.5. The molecule has 0 aliphatic rings. The smallest absolute Gasteiger partial charge is 0.227 e. The van der Waals surface area contributed by atoms with Gasteiger partial charge in [-0.05, 0) is 6.92 Å². The summed E-state index contributed by atoms with van der Waals surface area (Å²) in [7, 11) is 1.69. The molecule has 0 saturated carbocycles. The van der Waals surface area contributed by atoms with E-state index >= 15 is 0 Å². The zero-order chi connectivity index (χ0) is 9.52. The van der Waals surface area contributed by atoms with Crippen molar-refractivity contribution in [2.75, 3.05) is 20.3 Å². The fourth-order valence-corrected chi connectivity index (χ4v) is 1.04. The summed E-state index contributed by atoms with van der Waals surface area (Å²) in [5, 5.41) is 6.79. The van der Waals surface area contributed by atoms with E-state index in [1.165, 1.54) is 6.33 Å². The number of ether oxygens (including phenoxy) is 1. The van der Waals surface area contributed by atoms with Gasteiger partial charge in [-0.25, -0.2) is 0 Å². The molecule has 0 aromatic carbocycles. The Morgan fingerprint density at radius 2 is 2.54 bits per heavy atom. The third kappa shape index (κ3) is 4.00. The molecule has 0 bridgehead atoms. The normalized spacial score (nSPS) is 13.1. The van der Waals surface area contributed by atoms with Gasteiger partial charge < -0.3 is 14.6 Å². The van der Waals surface area contributed by atoms with Gasteiger partial charge in [0.15, 0.2) is 6.33 Å². The van der Waals surface area contributed by atoms with Crippen molar-refractivity contribution >= 4 is 0 Å². The summed E-state index contributed by atoms with van der Waals surface area (Å²) >= 11 is 0. The van der Waals surface area contributed by atoms with Crippen LogP contribution in [0.4, 0.5) is 0 Å². The molecule has 1 atom stereocenters. The second kappa shape index (κ2) is 5.66. The van der Waals surface area contributed by atoms with Crippen LogP contribution in [0.1, 0.15) is 12.8 Å². The van der Waals surface area contributed by atoms with Gasteiger partial charge in [-0.15, -0.1) is 0 Å². The first-order valence-electron chi connectivity index (χ1n) is 4.31. The zero-order valence-electron chi connectivity index (χ0n) is 7.99. The minimum Gasteiger partial charge on any atom is -0.383 e. The molecule has 1 unspecified atom stereocenters. The molecule has 1 N–H and O–H groups in total. The molecule has 0 aliphatic carbocycles. The number of nitrogens with one attached hydrogen (secondary N) is 1. The highest BCUT2D eigenvalue weighted by molar-refractivity contribution is 4.75. The molecule has 13 heavy (non-hydrogen) atoms. The lowest BCUT2D eigenvalue weighted by Crippen LogP contribution is -2.31. The molecule has 0 saturated heterocycles. The van der Waals surface area contributed by atoms with Gasteiger partial charge in [0.25, 0.3) is 0 Å². The highest BCUT2D eigenvalue weighted by Gasteiger charge is 2.01. The van der Waals surface area contributed by atoms with Gasteiger partial charge in [-0.1, -0.05) is 5.16 Å². The van der Waals surface area contributed by atoms with E-state index in [1.807, 2.05) is 0 Å². The first kappa shape index (κ1) is 10.1. The predicted molar refractivity (Wildman–Crippen MR) is 47.3 cm³/mol. The van der Waals surface area contributed by atoms with E-state index in [4.69, 9.17) is 9.26 Å². The fraction of sp³-hybridized carbons (Fsp3) is 0.750. The van der Waals surface area contributed by atoms with Crippen LogP contribution in [0, 0.1) is 0 Å². The van der Waals surface area contributed by atoms with E-state index in [2.05, 4.69) is 22.4 Å². The SMILES string of the molecule is COCC(C)NCCc1ncno1. The molecule has 5 heteroatoms. The van der Waals surface area contributed by atoms with Crippen LogP contribution < -0.4 is 5.32 Å². The Labute approximate surface area is 77.5 Å². The van der Waals surface area contributed by atoms with Crippen molar-refractivity contribution < 1.29 is 9.26 Å². The Morgan fingerprint density at radius 1 is 1.69 bits per heavy atom. The highest BCUT2D eigenvalue weighted by Crippen LogP contribution is 1.91. The van der Waals surface area contributed by atoms with Gasteiger partial charge in [0.2, 0.25) is 5.89 Å². The van der Waals surface area contributed by atoms with Crippen molar-refractivity contribution in [1.29, 1.82) is 0 Å². The van der Waals surface area contributed by atoms with Gasteiger partial charge in [0, 0.05) is 26.1 Å². The van der Waals surface area contributed by atoms with Crippen molar-refractivity contribution in [2.24, 2.45) is 0 Å². The molecular formula is C8H15N3O2. The van der Waals surface area contributed by atoms with Crippen LogP contribution >= 0.6 is 0 Å². The summed E-state index contributed by atoms with van der Waals surface area (Å²) in [5.74, 6) is 0.664. The summed E-state index contributed by atoms with van der Waals surface area (Å²) in [6, 6.07) is 0.355. The molecule has 0 aliphatic heterocycles. The predicted octanol–water partition coefficient (Wildman–Crippen LogP) is 0.237. The van der Waals surface area contributed by atoms with Crippen molar-refractivity contribution in [2.45, 2.75) is 19.4 Å². The lowest BCUT2D eigenvalue weighted by atomic mass is 10.3. The van der Waals surface area contributed by atoms with E-state index in [1.54, 1.807) is 7.11 Å². The maximum Gasteiger partial charge on any atom is 0.227 e. The van der Waals surface area contributed by atoms with Crippen LogP contribution in [0.2, 0.25) is 0 Å². The van der Waals surface area contributed by atoms with E-state index < -0.39 is 0 Å². The van der Waals surface area contributed by atoms with Crippen LogP contribution in [0.5, 0.6) is 0 Å². The molecule has 1 aromatic heterocycles. The van der Waals surface area contributed by atoms with Crippen LogP contribution in [0.25, 0.3) is 0 Å². The van der Waals surface area contributed by atoms with Crippen LogP contribution in [0.15, 0.2) is 10.9 Å². The van der Waals surface area contributed by atoms with Crippen molar-refractivity contribution in [1.82, 2.24) is 15.5 Å². The maximum atomic E-state index is 4.98. The summed E-state index contributed by atoms with van der Waals surface area (Å²) in [5.41, 5.74) is 0. The minimum absolute atomic E-state index is 0.355. The first-order valence-corrected chi connectivity index (χ1v) is 4.31. The Morgan fingerprint density at radius 3 is 3.15 bits per heavy atom. The maximum absolute atomic E-state index is 4.98. The molecule has 0 spiro atoms. The van der Waals surface area contributed by atoms with Gasteiger partial charge >= 0.3 is 0 Å². The quantitative estimate of drug-likeness (QED) is 0.687. The minimum atomic E-state index is 0.355. The Kier molecular flexibility index (Phi) is 4.42. The number of methoxy groups -OCH3 is 1. The molecule has 1 aromatic rings. The lowest BCUT2D eigenvalue weighted by Gasteiger charge is -2.10. The Bertz CT molecular complexity index is 213. The van der Waals surface area contributed by atoms with E-state index in [0.29, 0.717) is 18.5 Å². The average Bonchev–Trinajstić information content (AvgIpc) is 2.57. The number of hydrogen-bond donors (Lipinski definition) is 1. The first-order chi connectivity index (χ1) is 6.33. The van der Waals surface area contributed by atoms with Crippen molar-refractivity contribution in [3.63, 3.8) is 0 Å². The lowest BCUT2D eigenvalue weighted by molar-refractivity contribution is 0.172. The molecule has 74 valence electrons. The number of rotatable bonds is 6. The molecule has 0 fully saturated rings. The monoisotopic (exact) mass is 185 g/mol. The fourth-order valence-electron chi connectivity index (χ4n) is 1.04. The second-order valence-corrected chi connectivity index (χ2v) is 2.90. The summed E-state index contributed by atoms with van der Waals surface area (Å²) in [6.45, 7) is 3.61. The number of aromatic nitrogens is 2. The molecule has 1 heterocycles. The van der Waals surface area contributed by atoms with Crippen LogP contribution in [0.3, 0.4) is 0 Å². The average molecular weight is 185 g/mol. The van der Waals surface area contributed by atoms with E-state index in [9.17, 15) is 0 Å². The van der Waals surface area contributed by atoms with E-state index in [0.717, 1.165) is 13.0 Å². The summed E-state index contributed by atoms with van der Waals surface area (Å²) in [4.78, 5) is 3.91. The molecule has 5 nitrogen and oxygen atoms in total. The Hall–Kier alpha value is -0.940. The summed E-state index contributed by atoms with van der Waals surface area (Å²) < 4.78 is 9.82. The number of hydrogen-bond acceptors (Lipinski definition) is 5. The van der Waals surface area contributed by atoms with Crippen LogP contribution in [-0.4, -0.2) is 36.4 Å². The topological polar surface area (TPSA) is 60.2 Å². The molecular weight excluding hydrogens is 170 g/mol. The van der Waals surface area contributed by atoms with E-state index in [-0.39, 0.29) is 0 Å². The second-order valence-electron chi connectivity index (χ2n) is 2.90. The third-order valence-electron chi connectivity index (χ3n) is 1.66. The zero-order valence-corrected chi connectivity index (χ0v) is 7.99. The van der Waals surface area contributed by atoms with Gasteiger partial charge in [-0.3, -0.25) is 0 Å². The van der Waals surface area contributed by atoms with Crippen molar-refractivity contribution in [3.05, 3.63) is 12.2 Å².